The monoisotopic (exact) mass is 646 g/mol. The van der Waals surface area contributed by atoms with Crippen molar-refractivity contribution in [1.29, 1.82) is 0 Å². The summed E-state index contributed by atoms with van der Waals surface area (Å²) in [6.07, 6.45) is -0.373. The lowest BCUT2D eigenvalue weighted by Gasteiger charge is -2.27. The van der Waals surface area contributed by atoms with Crippen LogP contribution in [0.2, 0.25) is 0 Å². The number of hydrogen-bond donors (Lipinski definition) is 3. The van der Waals surface area contributed by atoms with Crippen LogP contribution in [0.3, 0.4) is 0 Å². The zero-order valence-electron chi connectivity index (χ0n) is 24.9. The quantitative estimate of drug-likeness (QED) is 0.188. The Kier molecular flexibility index (Phi) is 10.6. The van der Waals surface area contributed by atoms with Gasteiger partial charge in [0.1, 0.15) is 5.82 Å². The maximum atomic E-state index is 13.6. The molecule has 3 aromatic rings. The Morgan fingerprint density at radius 1 is 0.978 bits per heavy atom. The van der Waals surface area contributed by atoms with Crippen LogP contribution in [-0.4, -0.2) is 51.4 Å². The Morgan fingerprint density at radius 3 is 2.47 bits per heavy atom. The number of nitrogens with zero attached hydrogens (tertiary/aromatic N) is 1. The number of fused-ring (bicyclic) bond motifs is 1. The van der Waals surface area contributed by atoms with Crippen molar-refractivity contribution in [3.8, 4) is 0 Å². The highest BCUT2D eigenvalue weighted by Gasteiger charge is 2.32. The summed E-state index contributed by atoms with van der Waals surface area (Å²) >= 11 is 0. The van der Waals surface area contributed by atoms with Gasteiger partial charge in [0.15, 0.2) is 0 Å². The fourth-order valence-corrected chi connectivity index (χ4v) is 7.28. The average Bonchev–Trinajstić information content (AvgIpc) is 3.53. The lowest BCUT2D eigenvalue weighted by Crippen LogP contribution is -2.41. The van der Waals surface area contributed by atoms with E-state index in [1.807, 2.05) is 0 Å². The molecule has 1 heterocycles. The summed E-state index contributed by atoms with van der Waals surface area (Å²) in [6.45, 7) is 5.16. The molecule has 3 N–H and O–H groups in total. The molecule has 5 rings (SSSR count). The van der Waals surface area contributed by atoms with Crippen LogP contribution in [-0.2, 0) is 40.4 Å². The molecule has 1 aliphatic heterocycles. The average molecular weight is 647 g/mol. The van der Waals surface area contributed by atoms with Crippen LogP contribution < -0.4 is 15.4 Å². The molecule has 1 fully saturated rings. The predicted molar refractivity (Wildman–Crippen MR) is 163 cm³/mol. The van der Waals surface area contributed by atoms with E-state index >= 15 is 0 Å². The third-order valence-electron chi connectivity index (χ3n) is 8.43. The molecule has 242 valence electrons. The number of amides is 1. The molecule has 45 heavy (non-hydrogen) atoms. The van der Waals surface area contributed by atoms with Gasteiger partial charge in [0, 0.05) is 32.1 Å². The molecule has 2 atom stereocenters. The first kappa shape index (κ1) is 33.1. The minimum Gasteiger partial charge on any atom is -0.353 e. The number of rotatable bonds is 12. The molecule has 0 saturated carbocycles. The Labute approximate surface area is 261 Å². The van der Waals surface area contributed by atoms with Crippen LogP contribution in [0.5, 0.6) is 0 Å². The van der Waals surface area contributed by atoms with Gasteiger partial charge in [-0.15, -0.1) is 0 Å². The van der Waals surface area contributed by atoms with Gasteiger partial charge >= 0.3 is 6.18 Å². The lowest BCUT2D eigenvalue weighted by molar-refractivity contribution is -0.137. The molecule has 0 radical (unpaired) electrons. The van der Waals surface area contributed by atoms with Crippen LogP contribution in [0.4, 0.5) is 17.6 Å². The molecule has 0 bridgehead atoms. The van der Waals surface area contributed by atoms with Crippen LogP contribution in [0.15, 0.2) is 71.6 Å². The SMILES string of the molecule is O=C(C[C@@H](NS(=O)(=O)c1cccc(C(F)(F)F)c1)c1ccc(F)cc1)N[C@@H]1CCc2cc(CNCCN3CCCC3)ccc2C1. The van der Waals surface area contributed by atoms with Crippen LogP contribution in [0, 0.1) is 5.82 Å². The van der Waals surface area contributed by atoms with Crippen molar-refractivity contribution in [3.05, 3.63) is 100 Å². The number of sulfonamides is 1. The highest BCUT2D eigenvalue weighted by atomic mass is 32.2. The Hall–Kier alpha value is -3.32. The maximum Gasteiger partial charge on any atom is 0.416 e. The summed E-state index contributed by atoms with van der Waals surface area (Å²) in [4.78, 5) is 15.1. The number of alkyl halides is 3. The van der Waals surface area contributed by atoms with Crippen molar-refractivity contribution < 1.29 is 30.8 Å². The molecule has 1 amide bonds. The number of likely N-dealkylation sites (tertiary alicyclic amines) is 1. The summed E-state index contributed by atoms with van der Waals surface area (Å²) in [6, 6.07) is 13.4. The summed E-state index contributed by atoms with van der Waals surface area (Å²) in [5.41, 5.74) is 2.80. The number of carbonyl (C=O) groups is 1. The van der Waals surface area contributed by atoms with Crippen molar-refractivity contribution in [2.24, 2.45) is 0 Å². The molecular formula is C33H38F4N4O3S. The van der Waals surface area contributed by atoms with Gasteiger partial charge in [-0.2, -0.15) is 13.2 Å². The first-order valence-corrected chi connectivity index (χ1v) is 16.7. The van der Waals surface area contributed by atoms with E-state index in [-0.39, 0.29) is 12.5 Å². The van der Waals surface area contributed by atoms with E-state index in [0.29, 0.717) is 24.5 Å². The van der Waals surface area contributed by atoms with Crippen molar-refractivity contribution in [2.75, 3.05) is 26.2 Å². The topological polar surface area (TPSA) is 90.5 Å². The number of carbonyl (C=O) groups excluding carboxylic acids is 1. The fourth-order valence-electron chi connectivity index (χ4n) is 6.01. The second-order valence-corrected chi connectivity index (χ2v) is 13.5. The standard InChI is InChI=1S/C33H38F4N4O3S/c34-28-11-8-24(9-12-28)31(40-45(43,44)30-5-3-4-27(20-30)33(35,36)37)21-32(42)39-29-13-10-25-18-23(6-7-26(25)19-29)22-38-14-17-41-15-1-2-16-41/h3-9,11-12,18,20,29,31,38,40H,1-2,10,13-17,19,21-22H2,(H,39,42)/t29-,31-/m1/s1. The van der Waals surface area contributed by atoms with E-state index in [2.05, 4.69) is 38.5 Å². The summed E-state index contributed by atoms with van der Waals surface area (Å²) in [5.74, 6) is -0.979. The second kappa shape index (κ2) is 14.4. The van der Waals surface area contributed by atoms with Crippen molar-refractivity contribution in [2.45, 2.75) is 68.2 Å². The van der Waals surface area contributed by atoms with E-state index in [1.165, 1.54) is 49.2 Å². The van der Waals surface area contributed by atoms with Gasteiger partial charge in [-0.05, 0) is 97.8 Å². The van der Waals surface area contributed by atoms with E-state index < -0.39 is 44.4 Å². The second-order valence-electron chi connectivity index (χ2n) is 11.8. The molecule has 2 aliphatic rings. The van der Waals surface area contributed by atoms with E-state index in [0.717, 1.165) is 62.0 Å². The van der Waals surface area contributed by atoms with Crippen LogP contribution in [0.25, 0.3) is 0 Å². The molecule has 0 aromatic heterocycles. The minimum absolute atomic E-state index is 0.164. The number of hydrogen-bond acceptors (Lipinski definition) is 5. The van der Waals surface area contributed by atoms with Crippen molar-refractivity contribution in [1.82, 2.24) is 20.3 Å². The van der Waals surface area contributed by atoms with Gasteiger partial charge in [-0.1, -0.05) is 36.4 Å². The van der Waals surface area contributed by atoms with Crippen LogP contribution >= 0.6 is 0 Å². The number of benzene rings is 3. The molecule has 1 saturated heterocycles. The van der Waals surface area contributed by atoms with Crippen molar-refractivity contribution >= 4 is 15.9 Å². The first-order valence-electron chi connectivity index (χ1n) is 15.2. The highest BCUT2D eigenvalue weighted by molar-refractivity contribution is 7.89. The molecule has 12 heteroatoms. The third kappa shape index (κ3) is 9.12. The first-order chi connectivity index (χ1) is 21.5. The largest absolute Gasteiger partial charge is 0.416 e. The summed E-state index contributed by atoms with van der Waals surface area (Å²) in [5, 5.41) is 6.52. The van der Waals surface area contributed by atoms with Gasteiger partial charge in [-0.25, -0.2) is 17.5 Å². The van der Waals surface area contributed by atoms with Gasteiger partial charge in [0.05, 0.1) is 16.5 Å². The normalized spacial score (nSPS) is 18.0. The minimum atomic E-state index is -4.73. The van der Waals surface area contributed by atoms with Gasteiger partial charge in [0.25, 0.3) is 0 Å². The molecule has 3 aromatic carbocycles. The Morgan fingerprint density at radius 2 is 1.73 bits per heavy atom. The van der Waals surface area contributed by atoms with E-state index in [9.17, 15) is 30.8 Å². The predicted octanol–water partition coefficient (Wildman–Crippen LogP) is 5.11. The number of aryl methyl sites for hydroxylation is 1. The van der Waals surface area contributed by atoms with Gasteiger partial charge in [0.2, 0.25) is 15.9 Å². The third-order valence-corrected chi connectivity index (χ3v) is 9.90. The Balaban J connectivity index is 1.20. The fraction of sp³-hybridized carbons (Fsp3) is 0.424. The zero-order valence-corrected chi connectivity index (χ0v) is 25.7. The summed E-state index contributed by atoms with van der Waals surface area (Å²) < 4.78 is 82.0. The smallest absolute Gasteiger partial charge is 0.353 e. The summed E-state index contributed by atoms with van der Waals surface area (Å²) in [7, 11) is -4.47. The molecule has 7 nitrogen and oxygen atoms in total. The van der Waals surface area contributed by atoms with Crippen LogP contribution in [0.1, 0.15) is 59.5 Å². The molecule has 1 aliphatic carbocycles. The number of nitrogens with one attached hydrogen (secondary N) is 3. The maximum absolute atomic E-state index is 13.6. The molecule has 0 spiro atoms. The highest BCUT2D eigenvalue weighted by Crippen LogP contribution is 2.31. The van der Waals surface area contributed by atoms with Gasteiger partial charge < -0.3 is 15.5 Å². The van der Waals surface area contributed by atoms with E-state index in [4.69, 9.17) is 0 Å². The molecular weight excluding hydrogens is 608 g/mol. The Bertz CT molecular complexity index is 1580. The van der Waals surface area contributed by atoms with Crippen molar-refractivity contribution in [3.63, 3.8) is 0 Å². The number of halogens is 4. The van der Waals surface area contributed by atoms with E-state index in [1.54, 1.807) is 0 Å². The van der Waals surface area contributed by atoms with Gasteiger partial charge in [-0.3, -0.25) is 4.79 Å². The zero-order chi connectivity index (χ0) is 32.0. The molecule has 0 unspecified atom stereocenters. The lowest BCUT2D eigenvalue weighted by atomic mass is 9.87.